The standard InChI is InChI=1S/C21H18ClF2N5O4/c1-2-29(21(33)25-10-11-6-4-3-5-7-11)17-16(20(31)32)27-28-18(17)26-19(30)12-8-14(23)15(24)9-13(12)22/h3-9H,2,10H2,1H3,(H,25,33)(H,31,32)(H2,26,27,28,30). The van der Waals surface area contributed by atoms with E-state index in [0.29, 0.717) is 12.1 Å². The van der Waals surface area contributed by atoms with Crippen LogP contribution in [-0.4, -0.2) is 39.8 Å². The maximum absolute atomic E-state index is 13.6. The van der Waals surface area contributed by atoms with Crippen molar-refractivity contribution >= 4 is 41.0 Å². The van der Waals surface area contributed by atoms with Gasteiger partial charge in [0.05, 0.1) is 10.6 Å². The second-order valence-electron chi connectivity index (χ2n) is 6.69. The number of carbonyl (C=O) groups is 3. The molecule has 3 aromatic rings. The van der Waals surface area contributed by atoms with Crippen molar-refractivity contribution in [3.05, 3.63) is 75.9 Å². The highest BCUT2D eigenvalue weighted by Gasteiger charge is 2.29. The van der Waals surface area contributed by atoms with Gasteiger partial charge in [-0.2, -0.15) is 5.10 Å². The van der Waals surface area contributed by atoms with Gasteiger partial charge in [0.15, 0.2) is 23.1 Å². The van der Waals surface area contributed by atoms with Gasteiger partial charge in [-0.05, 0) is 24.6 Å². The molecule has 0 bridgehead atoms. The van der Waals surface area contributed by atoms with Gasteiger partial charge in [0.25, 0.3) is 5.91 Å². The predicted octanol–water partition coefficient (Wildman–Crippen LogP) is 4.03. The Morgan fingerprint density at radius 3 is 2.45 bits per heavy atom. The van der Waals surface area contributed by atoms with Crippen LogP contribution >= 0.6 is 11.6 Å². The van der Waals surface area contributed by atoms with Gasteiger partial charge >= 0.3 is 12.0 Å². The molecule has 4 N–H and O–H groups in total. The topological polar surface area (TPSA) is 127 Å². The normalized spacial score (nSPS) is 10.5. The number of anilines is 2. The van der Waals surface area contributed by atoms with Crippen molar-refractivity contribution in [2.45, 2.75) is 13.5 Å². The fourth-order valence-corrected chi connectivity index (χ4v) is 3.22. The van der Waals surface area contributed by atoms with Crippen molar-refractivity contribution in [3.63, 3.8) is 0 Å². The molecule has 0 atom stereocenters. The average Bonchev–Trinajstić information content (AvgIpc) is 3.19. The summed E-state index contributed by atoms with van der Waals surface area (Å²) in [6.45, 7) is 1.79. The number of aromatic nitrogens is 2. The van der Waals surface area contributed by atoms with Crippen LogP contribution in [0.4, 0.5) is 25.1 Å². The molecule has 3 amide bonds. The van der Waals surface area contributed by atoms with Gasteiger partial charge in [0.1, 0.15) is 5.69 Å². The van der Waals surface area contributed by atoms with Crippen LogP contribution in [-0.2, 0) is 6.54 Å². The number of hydrogen-bond donors (Lipinski definition) is 4. The minimum Gasteiger partial charge on any atom is -0.476 e. The molecular weight excluding hydrogens is 460 g/mol. The minimum atomic E-state index is -1.46. The fourth-order valence-electron chi connectivity index (χ4n) is 2.98. The van der Waals surface area contributed by atoms with Gasteiger partial charge in [-0.3, -0.25) is 14.8 Å². The van der Waals surface area contributed by atoms with Crippen LogP contribution in [0.2, 0.25) is 5.02 Å². The van der Waals surface area contributed by atoms with Crippen molar-refractivity contribution in [2.24, 2.45) is 0 Å². The maximum atomic E-state index is 13.6. The molecule has 0 radical (unpaired) electrons. The van der Waals surface area contributed by atoms with E-state index in [0.717, 1.165) is 10.5 Å². The molecule has 0 aliphatic rings. The lowest BCUT2D eigenvalue weighted by molar-refractivity contribution is 0.0691. The Bertz CT molecular complexity index is 1200. The summed E-state index contributed by atoms with van der Waals surface area (Å²) in [5.74, 6) is -5.20. The molecule has 0 aliphatic heterocycles. The van der Waals surface area contributed by atoms with Crippen LogP contribution in [0.3, 0.4) is 0 Å². The number of rotatable bonds is 7. The van der Waals surface area contributed by atoms with Gasteiger partial charge in [-0.25, -0.2) is 18.4 Å². The van der Waals surface area contributed by atoms with Gasteiger partial charge in [-0.15, -0.1) is 0 Å². The predicted molar refractivity (Wildman–Crippen MR) is 117 cm³/mol. The Labute approximate surface area is 191 Å². The van der Waals surface area contributed by atoms with Crippen molar-refractivity contribution in [1.29, 1.82) is 0 Å². The highest BCUT2D eigenvalue weighted by molar-refractivity contribution is 6.34. The Hall–Kier alpha value is -3.99. The number of carbonyl (C=O) groups excluding carboxylic acids is 2. The lowest BCUT2D eigenvalue weighted by atomic mass is 10.2. The Balaban J connectivity index is 1.90. The molecule has 0 saturated carbocycles. The third kappa shape index (κ3) is 5.26. The molecule has 172 valence electrons. The van der Waals surface area contributed by atoms with E-state index in [4.69, 9.17) is 11.6 Å². The zero-order valence-electron chi connectivity index (χ0n) is 17.2. The molecule has 0 saturated heterocycles. The lowest BCUT2D eigenvalue weighted by Gasteiger charge is -2.22. The van der Waals surface area contributed by atoms with Gasteiger partial charge in [0.2, 0.25) is 0 Å². The van der Waals surface area contributed by atoms with Crippen LogP contribution in [0, 0.1) is 11.6 Å². The number of amides is 3. The van der Waals surface area contributed by atoms with E-state index >= 15 is 0 Å². The van der Waals surface area contributed by atoms with E-state index in [1.165, 1.54) is 0 Å². The summed E-state index contributed by atoms with van der Waals surface area (Å²) in [5, 5.41) is 20.1. The molecule has 0 fully saturated rings. The van der Waals surface area contributed by atoms with Crippen molar-refractivity contribution in [1.82, 2.24) is 15.5 Å². The SMILES string of the molecule is CCN(C(=O)NCc1ccccc1)c1c(C(=O)O)n[nH]c1NC(=O)c1cc(F)c(F)cc1Cl. The van der Waals surface area contributed by atoms with Crippen LogP contribution in [0.5, 0.6) is 0 Å². The van der Waals surface area contributed by atoms with Gasteiger partial charge < -0.3 is 15.7 Å². The summed E-state index contributed by atoms with van der Waals surface area (Å²) in [6, 6.07) is 9.61. The van der Waals surface area contributed by atoms with E-state index < -0.39 is 40.8 Å². The third-order valence-electron chi connectivity index (χ3n) is 4.55. The van der Waals surface area contributed by atoms with E-state index in [1.807, 2.05) is 6.07 Å². The Kier molecular flexibility index (Phi) is 7.23. The van der Waals surface area contributed by atoms with E-state index in [1.54, 1.807) is 31.2 Å². The summed E-state index contributed by atoms with van der Waals surface area (Å²) in [4.78, 5) is 38.2. The molecule has 1 aromatic heterocycles. The smallest absolute Gasteiger partial charge is 0.358 e. The lowest BCUT2D eigenvalue weighted by Crippen LogP contribution is -2.40. The highest BCUT2D eigenvalue weighted by Crippen LogP contribution is 2.30. The second-order valence-corrected chi connectivity index (χ2v) is 7.10. The van der Waals surface area contributed by atoms with Crippen LogP contribution in [0.15, 0.2) is 42.5 Å². The number of benzene rings is 2. The van der Waals surface area contributed by atoms with E-state index in [2.05, 4.69) is 20.8 Å². The van der Waals surface area contributed by atoms with Crippen LogP contribution in [0.25, 0.3) is 0 Å². The molecule has 0 unspecified atom stereocenters. The molecule has 0 spiro atoms. The summed E-state index contributed by atoms with van der Waals surface area (Å²) in [6.07, 6.45) is 0. The van der Waals surface area contributed by atoms with Gasteiger partial charge in [-0.1, -0.05) is 41.9 Å². The first-order valence-corrected chi connectivity index (χ1v) is 9.97. The molecule has 33 heavy (non-hydrogen) atoms. The first kappa shape index (κ1) is 23.7. The second kappa shape index (κ2) is 10.1. The molecule has 2 aromatic carbocycles. The number of urea groups is 1. The van der Waals surface area contributed by atoms with Crippen LogP contribution in [0.1, 0.15) is 33.3 Å². The Morgan fingerprint density at radius 1 is 1.15 bits per heavy atom. The number of halogens is 3. The molecule has 0 aliphatic carbocycles. The number of aromatic amines is 1. The number of nitrogens with zero attached hydrogens (tertiary/aromatic N) is 2. The van der Waals surface area contributed by atoms with Crippen molar-refractivity contribution in [2.75, 3.05) is 16.8 Å². The summed E-state index contributed by atoms with van der Waals surface area (Å²) in [5.41, 5.74) is -0.334. The van der Waals surface area contributed by atoms with Crippen molar-refractivity contribution in [3.8, 4) is 0 Å². The summed E-state index contributed by atoms with van der Waals surface area (Å²) < 4.78 is 26.9. The number of carboxylic acids is 1. The number of aromatic carboxylic acids is 1. The number of carboxylic acid groups (broad SMARTS) is 1. The third-order valence-corrected chi connectivity index (χ3v) is 4.87. The first-order valence-electron chi connectivity index (χ1n) is 9.59. The monoisotopic (exact) mass is 477 g/mol. The van der Waals surface area contributed by atoms with E-state index in [9.17, 15) is 28.3 Å². The number of hydrogen-bond acceptors (Lipinski definition) is 4. The largest absolute Gasteiger partial charge is 0.476 e. The molecule has 9 nitrogen and oxygen atoms in total. The average molecular weight is 478 g/mol. The molecule has 3 rings (SSSR count). The quantitative estimate of drug-likeness (QED) is 0.382. The number of H-pyrrole nitrogens is 1. The van der Waals surface area contributed by atoms with Gasteiger partial charge in [0, 0.05) is 13.1 Å². The Morgan fingerprint density at radius 2 is 1.82 bits per heavy atom. The van der Waals surface area contributed by atoms with Crippen LogP contribution < -0.4 is 15.5 Å². The molecular formula is C21H18ClF2N5O4. The molecule has 1 heterocycles. The summed E-state index contributed by atoms with van der Waals surface area (Å²) >= 11 is 5.84. The zero-order valence-corrected chi connectivity index (χ0v) is 17.9. The minimum absolute atomic E-state index is 0.0231. The van der Waals surface area contributed by atoms with Crippen molar-refractivity contribution < 1.29 is 28.3 Å². The molecule has 12 heteroatoms. The highest BCUT2D eigenvalue weighted by atomic mass is 35.5. The summed E-state index contributed by atoms with van der Waals surface area (Å²) in [7, 11) is 0. The zero-order chi connectivity index (χ0) is 24.1. The first-order chi connectivity index (χ1) is 15.7. The number of nitrogens with one attached hydrogen (secondary N) is 3. The fraction of sp³-hybridized carbons (Fsp3) is 0.143. The van der Waals surface area contributed by atoms with E-state index in [-0.39, 0.29) is 29.6 Å². The maximum Gasteiger partial charge on any atom is 0.358 e.